The zero-order valence-electron chi connectivity index (χ0n) is 36.0. The molecule has 49 heavy (non-hydrogen) atoms. The Bertz CT molecular complexity index is 939. The molecule has 0 aromatic carbocycles. The molecule has 0 fully saturated rings. The zero-order valence-corrected chi connectivity index (χ0v) is 39.0. The van der Waals surface area contributed by atoms with E-state index in [1.165, 1.54) is 6.08 Å². The third kappa shape index (κ3) is 12.8. The lowest BCUT2D eigenvalue weighted by Crippen LogP contribution is -2.54. The molecule has 0 saturated heterocycles. The molecule has 0 aliphatic carbocycles. The Hall–Kier alpha value is -0.519. The van der Waals surface area contributed by atoms with Gasteiger partial charge in [0.15, 0.2) is 8.32 Å². The van der Waals surface area contributed by atoms with Crippen LogP contribution in [0, 0.1) is 11.8 Å². The van der Waals surface area contributed by atoms with E-state index in [1.54, 1.807) is 0 Å². The van der Waals surface area contributed by atoms with E-state index in [9.17, 15) is 4.79 Å². The maximum atomic E-state index is 12.5. The van der Waals surface area contributed by atoms with Crippen LogP contribution in [0.25, 0.3) is 0 Å². The molecule has 5 atom stereocenters. The Morgan fingerprint density at radius 2 is 1.10 bits per heavy atom. The van der Waals surface area contributed by atoms with Crippen molar-refractivity contribution in [3.8, 4) is 0 Å². The summed E-state index contributed by atoms with van der Waals surface area (Å²) in [4.78, 5) is 12.5. The number of ether oxygens (including phenoxy) is 1. The minimum atomic E-state index is -2.23. The summed E-state index contributed by atoms with van der Waals surface area (Å²) in [6.45, 7) is 52.8. The van der Waals surface area contributed by atoms with Gasteiger partial charge in [0, 0.05) is 18.1 Å². The van der Waals surface area contributed by atoms with Crippen LogP contribution in [0.2, 0.25) is 51.4 Å². The highest BCUT2D eigenvalue weighted by Crippen LogP contribution is 2.47. The molecule has 290 valence electrons. The Labute approximate surface area is 309 Å². The first-order chi connectivity index (χ1) is 22.3. The first-order valence-electron chi connectivity index (χ1n) is 19.8. The van der Waals surface area contributed by atoms with Crippen LogP contribution in [0.4, 0.5) is 0 Å². The smallest absolute Gasteiger partial charge is 0.330 e. The van der Waals surface area contributed by atoms with Gasteiger partial charge < -0.3 is 18.0 Å². The van der Waals surface area contributed by atoms with Crippen LogP contribution in [-0.2, 0) is 22.8 Å². The monoisotopic (exact) mass is 741 g/mol. The van der Waals surface area contributed by atoms with Crippen LogP contribution < -0.4 is 0 Å². The minimum absolute atomic E-state index is 0.00656. The van der Waals surface area contributed by atoms with Gasteiger partial charge in [-0.3, -0.25) is 0 Å². The van der Waals surface area contributed by atoms with Gasteiger partial charge in [-0.2, -0.15) is 0 Å². The zero-order chi connectivity index (χ0) is 38.7. The van der Waals surface area contributed by atoms with Crippen LogP contribution >= 0.6 is 0 Å². The molecular weight excluding hydrogens is 657 g/mol. The Morgan fingerprint density at radius 3 is 1.43 bits per heavy atom. The van der Waals surface area contributed by atoms with Gasteiger partial charge in [0.1, 0.15) is 6.10 Å². The van der Waals surface area contributed by atoms with Crippen molar-refractivity contribution in [2.45, 2.75) is 213 Å². The summed E-state index contributed by atoms with van der Waals surface area (Å²) in [6, 6.07) is 0. The fourth-order valence-electron chi connectivity index (χ4n) is 8.53. The predicted octanol–water partition coefficient (Wildman–Crippen LogP) is 13.2. The number of hydrogen-bond acceptors (Lipinski definition) is 5. The number of esters is 1. The number of rotatable bonds is 24. The second kappa shape index (κ2) is 20.7. The van der Waals surface area contributed by atoms with Gasteiger partial charge in [-0.15, -0.1) is 6.58 Å². The summed E-state index contributed by atoms with van der Waals surface area (Å²) >= 11 is 0. The van der Waals surface area contributed by atoms with Crippen molar-refractivity contribution in [3.05, 3.63) is 25.3 Å². The average molecular weight is 741 g/mol. The average Bonchev–Trinajstić information content (AvgIpc) is 2.97. The van der Waals surface area contributed by atoms with Crippen LogP contribution in [0.1, 0.15) is 143 Å². The van der Waals surface area contributed by atoms with E-state index in [1.807, 2.05) is 6.08 Å². The lowest BCUT2D eigenvalue weighted by Gasteiger charge is -2.48. The van der Waals surface area contributed by atoms with Gasteiger partial charge in [0.05, 0.1) is 12.7 Å². The molecule has 0 amide bonds. The van der Waals surface area contributed by atoms with Gasteiger partial charge in [-0.1, -0.05) is 130 Å². The summed E-state index contributed by atoms with van der Waals surface area (Å²) in [5.41, 5.74) is 2.83. The summed E-state index contributed by atoms with van der Waals surface area (Å²) in [6.07, 6.45) is 6.32. The van der Waals surface area contributed by atoms with E-state index in [-0.39, 0.29) is 41.2 Å². The second-order valence-corrected chi connectivity index (χ2v) is 34.0. The molecule has 0 N–H and O–H groups in total. The molecule has 0 spiro atoms. The maximum absolute atomic E-state index is 12.5. The Morgan fingerprint density at radius 1 is 0.694 bits per heavy atom. The molecule has 5 nitrogen and oxygen atoms in total. The highest BCUT2D eigenvalue weighted by atomic mass is 28.4. The fraction of sp³-hybridized carbons (Fsp3) is 0.878. The number of carbonyl (C=O) groups excluding carboxylic acids is 1. The number of carbonyl (C=O) groups is 1. The third-order valence-electron chi connectivity index (χ3n) is 12.2. The van der Waals surface area contributed by atoms with Gasteiger partial charge in [-0.25, -0.2) is 4.79 Å². The summed E-state index contributed by atoms with van der Waals surface area (Å²) in [7, 11) is -6.48. The van der Waals surface area contributed by atoms with E-state index in [2.05, 4.69) is 144 Å². The van der Waals surface area contributed by atoms with Crippen molar-refractivity contribution in [2.24, 2.45) is 11.8 Å². The molecule has 0 bridgehead atoms. The second-order valence-electron chi connectivity index (χ2n) is 18.4. The lowest BCUT2D eigenvalue weighted by molar-refractivity contribution is -0.148. The maximum Gasteiger partial charge on any atom is 0.330 e. The molecule has 0 rings (SSSR count). The lowest BCUT2D eigenvalue weighted by atomic mass is 9.86. The van der Waals surface area contributed by atoms with Crippen molar-refractivity contribution in [2.75, 3.05) is 6.61 Å². The molecule has 0 radical (unpaired) electrons. The van der Waals surface area contributed by atoms with E-state index in [4.69, 9.17) is 18.0 Å². The molecule has 0 unspecified atom stereocenters. The number of hydrogen-bond donors (Lipinski definition) is 0. The van der Waals surface area contributed by atoms with Crippen LogP contribution in [-0.4, -0.2) is 55.8 Å². The van der Waals surface area contributed by atoms with Crippen molar-refractivity contribution in [1.29, 1.82) is 0 Å². The first kappa shape index (κ1) is 48.5. The highest BCUT2D eigenvalue weighted by molar-refractivity contribution is 6.78. The first-order valence-corrected chi connectivity index (χ1v) is 27.0. The Balaban J connectivity index is 7.14. The van der Waals surface area contributed by atoms with Crippen molar-refractivity contribution >= 4 is 30.9 Å². The quantitative estimate of drug-likeness (QED) is 0.0427. The van der Waals surface area contributed by atoms with E-state index < -0.39 is 25.0 Å². The molecule has 0 aliphatic rings. The summed E-state index contributed by atoms with van der Waals surface area (Å²) in [5.74, 6) is -0.161. The van der Waals surface area contributed by atoms with Crippen LogP contribution in [0.5, 0.6) is 0 Å². The molecule has 0 saturated carbocycles. The normalized spacial score (nSPS) is 16.8. The Kier molecular flexibility index (Phi) is 20.4. The molecule has 0 aliphatic heterocycles. The van der Waals surface area contributed by atoms with Crippen molar-refractivity contribution in [1.82, 2.24) is 0 Å². The summed E-state index contributed by atoms with van der Waals surface area (Å²) < 4.78 is 28.3. The standard InChI is InChI=1S/C41H84O5Si3/c1-22-36(23-2)40(44-39(42)24-3)35(16)25-26-37(45-48(29(4)5,30(6)7)31(8)9)27-38(28-43-47(20,21)41(17,18)19)46-49(32(10)11,33(12)13)34(14)15/h22,24,29-38,40H,1,3,23,25-28H2,2,4-21H3/t35-,36+,37-,38+,40-/m1/s1. The molecule has 8 heteroatoms. The van der Waals surface area contributed by atoms with Crippen LogP contribution in [0.3, 0.4) is 0 Å². The van der Waals surface area contributed by atoms with Gasteiger partial charge >= 0.3 is 5.97 Å². The predicted molar refractivity (Wildman–Crippen MR) is 222 cm³/mol. The van der Waals surface area contributed by atoms with Crippen LogP contribution in [0.15, 0.2) is 25.3 Å². The summed E-state index contributed by atoms with van der Waals surface area (Å²) in [5, 5.41) is 0.111. The van der Waals surface area contributed by atoms with Crippen molar-refractivity contribution < 1.29 is 22.8 Å². The van der Waals surface area contributed by atoms with Gasteiger partial charge in [0.2, 0.25) is 16.6 Å². The van der Waals surface area contributed by atoms with E-state index in [0.717, 1.165) is 25.7 Å². The van der Waals surface area contributed by atoms with Crippen molar-refractivity contribution in [3.63, 3.8) is 0 Å². The molecule has 0 aromatic rings. The largest absolute Gasteiger partial charge is 0.458 e. The molecule has 0 heterocycles. The SMILES string of the molecule is C=CC(=O)O[C@H]([C@H](C)CC[C@H](C[C@@H](CO[Si](C)(C)C(C)(C)C)O[Si](C(C)C)(C(C)C)C(C)C)O[Si](C(C)C)(C(C)C)C(C)C)[C@@H](C=C)CC. The highest BCUT2D eigenvalue weighted by Gasteiger charge is 2.50. The third-order valence-corrected chi connectivity index (χ3v) is 29.1. The molecule has 0 aromatic heterocycles. The topological polar surface area (TPSA) is 54.0 Å². The molecular formula is C41H84O5Si3. The van der Waals surface area contributed by atoms with E-state index >= 15 is 0 Å². The van der Waals surface area contributed by atoms with E-state index in [0.29, 0.717) is 39.9 Å². The fourth-order valence-corrected chi connectivity index (χ4v) is 20.7. The van der Waals surface area contributed by atoms with Gasteiger partial charge in [0.25, 0.3) is 0 Å². The minimum Gasteiger partial charge on any atom is -0.458 e. The van der Waals surface area contributed by atoms with Gasteiger partial charge in [-0.05, 0) is 83.0 Å².